The Bertz CT molecular complexity index is 601. The number of nitrogens with zero attached hydrogens (tertiary/aromatic N) is 3. The van der Waals surface area contributed by atoms with Crippen molar-refractivity contribution in [1.82, 2.24) is 10.2 Å². The quantitative estimate of drug-likeness (QED) is 0.796. The van der Waals surface area contributed by atoms with Crippen LogP contribution < -0.4 is 10.2 Å². The van der Waals surface area contributed by atoms with E-state index in [-0.39, 0.29) is 5.91 Å². The summed E-state index contributed by atoms with van der Waals surface area (Å²) in [7, 11) is 4.04. The zero-order valence-corrected chi connectivity index (χ0v) is 15.2. The number of rotatable bonds is 8. The third-order valence-electron chi connectivity index (χ3n) is 4.70. The van der Waals surface area contributed by atoms with Gasteiger partial charge in [-0.25, -0.2) is 0 Å². The van der Waals surface area contributed by atoms with Crippen molar-refractivity contribution in [3.63, 3.8) is 0 Å². The lowest BCUT2D eigenvalue weighted by Crippen LogP contribution is -2.50. The maximum absolute atomic E-state index is 12.3. The molecule has 1 amide bonds. The molecule has 0 radical (unpaired) electrons. The Labute approximate surface area is 145 Å². The molecular formula is C19H28N4O. The van der Waals surface area contributed by atoms with Gasteiger partial charge >= 0.3 is 0 Å². The molecular weight excluding hydrogens is 300 g/mol. The van der Waals surface area contributed by atoms with E-state index in [1.807, 2.05) is 27.9 Å². The van der Waals surface area contributed by atoms with Crippen LogP contribution in [-0.2, 0) is 11.3 Å². The van der Waals surface area contributed by atoms with E-state index in [0.717, 1.165) is 31.6 Å². The molecule has 24 heavy (non-hydrogen) atoms. The van der Waals surface area contributed by atoms with Crippen molar-refractivity contribution in [3.05, 3.63) is 29.8 Å². The highest BCUT2D eigenvalue weighted by Gasteiger charge is 2.43. The number of nitrogens with one attached hydrogen (secondary N) is 1. The second kappa shape index (κ2) is 7.67. The minimum atomic E-state index is -0.718. The first-order valence-electron chi connectivity index (χ1n) is 8.59. The second-order valence-electron chi connectivity index (χ2n) is 7.00. The molecule has 1 aliphatic rings. The maximum atomic E-state index is 12.3. The zero-order chi connectivity index (χ0) is 17.7. The lowest BCUT2D eigenvalue weighted by molar-refractivity contribution is -0.123. The third-order valence-corrected chi connectivity index (χ3v) is 4.70. The lowest BCUT2D eigenvalue weighted by Gasteiger charge is -2.26. The van der Waals surface area contributed by atoms with Gasteiger partial charge in [-0.3, -0.25) is 9.69 Å². The van der Waals surface area contributed by atoms with Crippen molar-refractivity contribution < 1.29 is 4.79 Å². The summed E-state index contributed by atoms with van der Waals surface area (Å²) in [5.74, 6) is 0.234. The lowest BCUT2D eigenvalue weighted by atomic mass is 9.98. The first-order valence-corrected chi connectivity index (χ1v) is 8.59. The molecule has 5 nitrogen and oxygen atoms in total. The summed E-state index contributed by atoms with van der Waals surface area (Å²) in [5.41, 5.74) is 1.62. The Kier molecular flexibility index (Phi) is 5.84. The SMILES string of the molecule is CCN(CC(=O)N[C@@](C)(C#N)C1CC1)Cc1ccc(N(C)C)cc1. The number of nitriles is 1. The van der Waals surface area contributed by atoms with Gasteiger partial charge in [-0.2, -0.15) is 5.26 Å². The highest BCUT2D eigenvalue weighted by atomic mass is 16.2. The molecule has 1 fully saturated rings. The number of hydrogen-bond donors (Lipinski definition) is 1. The van der Waals surface area contributed by atoms with Gasteiger partial charge in [0.05, 0.1) is 12.6 Å². The second-order valence-corrected chi connectivity index (χ2v) is 7.00. The predicted octanol–water partition coefficient (Wildman–Crippen LogP) is 2.38. The van der Waals surface area contributed by atoms with Crippen LogP contribution in [0.3, 0.4) is 0 Å². The van der Waals surface area contributed by atoms with Crippen LogP contribution in [0, 0.1) is 17.2 Å². The van der Waals surface area contributed by atoms with E-state index in [4.69, 9.17) is 0 Å². The predicted molar refractivity (Wildman–Crippen MR) is 96.6 cm³/mol. The summed E-state index contributed by atoms with van der Waals surface area (Å²) in [5, 5.41) is 12.3. The molecule has 0 saturated heterocycles. The van der Waals surface area contributed by atoms with Gasteiger partial charge in [0.25, 0.3) is 0 Å². The third kappa shape index (κ3) is 4.72. The van der Waals surface area contributed by atoms with Crippen LogP contribution in [-0.4, -0.2) is 43.5 Å². The molecule has 130 valence electrons. The van der Waals surface area contributed by atoms with Gasteiger partial charge in [0.2, 0.25) is 5.91 Å². The summed E-state index contributed by atoms with van der Waals surface area (Å²) in [6.07, 6.45) is 2.06. The van der Waals surface area contributed by atoms with Crippen LogP contribution in [0.1, 0.15) is 32.3 Å². The van der Waals surface area contributed by atoms with E-state index in [1.54, 1.807) is 0 Å². The van der Waals surface area contributed by atoms with E-state index >= 15 is 0 Å². The fourth-order valence-corrected chi connectivity index (χ4v) is 2.85. The van der Waals surface area contributed by atoms with Crippen molar-refractivity contribution in [2.75, 3.05) is 32.1 Å². The van der Waals surface area contributed by atoms with E-state index in [2.05, 4.69) is 45.5 Å². The molecule has 1 N–H and O–H groups in total. The minimum absolute atomic E-state index is 0.0716. The van der Waals surface area contributed by atoms with Crippen LogP contribution in [0.2, 0.25) is 0 Å². The first kappa shape index (κ1) is 18.3. The molecule has 0 unspecified atom stereocenters. The van der Waals surface area contributed by atoms with Gasteiger partial charge in [-0.05, 0) is 49.9 Å². The molecule has 1 aromatic carbocycles. The molecule has 2 rings (SSSR count). The number of hydrogen-bond acceptors (Lipinski definition) is 4. The van der Waals surface area contributed by atoms with Gasteiger partial charge in [-0.1, -0.05) is 19.1 Å². The molecule has 1 aromatic rings. The van der Waals surface area contributed by atoms with Gasteiger partial charge in [-0.15, -0.1) is 0 Å². The Balaban J connectivity index is 1.91. The van der Waals surface area contributed by atoms with E-state index in [0.29, 0.717) is 12.5 Å². The van der Waals surface area contributed by atoms with Crippen molar-refractivity contribution in [3.8, 4) is 6.07 Å². The largest absolute Gasteiger partial charge is 0.378 e. The number of likely N-dealkylation sites (N-methyl/N-ethyl adjacent to an activating group) is 1. The Morgan fingerprint density at radius 3 is 2.42 bits per heavy atom. The monoisotopic (exact) mass is 328 g/mol. The standard InChI is InChI=1S/C19H28N4O/c1-5-23(12-15-6-10-17(11-7-15)22(3)4)13-18(24)21-19(2,14-20)16-8-9-16/h6-7,10-11,16H,5,8-9,12-13H2,1-4H3,(H,21,24)/t19-/m0/s1. The maximum Gasteiger partial charge on any atom is 0.235 e. The molecule has 0 aromatic heterocycles. The Morgan fingerprint density at radius 1 is 1.33 bits per heavy atom. The summed E-state index contributed by atoms with van der Waals surface area (Å²) in [6, 6.07) is 10.6. The Hall–Kier alpha value is -2.06. The molecule has 5 heteroatoms. The average molecular weight is 328 g/mol. The molecule has 0 aliphatic heterocycles. The molecule has 1 atom stereocenters. The molecule has 0 spiro atoms. The smallest absolute Gasteiger partial charge is 0.235 e. The summed E-state index contributed by atoms with van der Waals surface area (Å²) >= 11 is 0. The van der Waals surface area contributed by atoms with Gasteiger partial charge < -0.3 is 10.2 Å². The van der Waals surface area contributed by atoms with Crippen molar-refractivity contribution in [1.29, 1.82) is 5.26 Å². The van der Waals surface area contributed by atoms with Crippen molar-refractivity contribution >= 4 is 11.6 Å². The highest BCUT2D eigenvalue weighted by Crippen LogP contribution is 2.39. The van der Waals surface area contributed by atoms with Crippen LogP contribution in [0.4, 0.5) is 5.69 Å². The topological polar surface area (TPSA) is 59.4 Å². The number of carbonyl (C=O) groups is 1. The average Bonchev–Trinajstić information content (AvgIpc) is 3.39. The minimum Gasteiger partial charge on any atom is -0.378 e. The highest BCUT2D eigenvalue weighted by molar-refractivity contribution is 5.79. The van der Waals surface area contributed by atoms with Crippen LogP contribution >= 0.6 is 0 Å². The van der Waals surface area contributed by atoms with E-state index in [1.165, 1.54) is 5.56 Å². The fourth-order valence-electron chi connectivity index (χ4n) is 2.85. The van der Waals surface area contributed by atoms with Crippen LogP contribution in [0.15, 0.2) is 24.3 Å². The normalized spacial score (nSPS) is 16.3. The van der Waals surface area contributed by atoms with E-state index in [9.17, 15) is 10.1 Å². The number of amides is 1. The number of anilines is 1. The van der Waals surface area contributed by atoms with Gasteiger partial charge in [0.1, 0.15) is 5.54 Å². The van der Waals surface area contributed by atoms with Gasteiger partial charge in [0, 0.05) is 26.3 Å². The summed E-state index contributed by atoms with van der Waals surface area (Å²) in [4.78, 5) is 16.5. The summed E-state index contributed by atoms with van der Waals surface area (Å²) in [6.45, 7) is 5.71. The number of benzene rings is 1. The molecule has 1 aliphatic carbocycles. The van der Waals surface area contributed by atoms with Crippen molar-refractivity contribution in [2.24, 2.45) is 5.92 Å². The molecule has 1 saturated carbocycles. The number of carbonyl (C=O) groups excluding carboxylic acids is 1. The zero-order valence-electron chi connectivity index (χ0n) is 15.2. The van der Waals surface area contributed by atoms with Crippen LogP contribution in [0.25, 0.3) is 0 Å². The molecule has 0 heterocycles. The van der Waals surface area contributed by atoms with E-state index < -0.39 is 5.54 Å². The van der Waals surface area contributed by atoms with Gasteiger partial charge in [0.15, 0.2) is 0 Å². The van der Waals surface area contributed by atoms with Crippen molar-refractivity contribution in [2.45, 2.75) is 38.8 Å². The first-order chi connectivity index (χ1) is 11.4. The fraction of sp³-hybridized carbons (Fsp3) is 0.579. The summed E-state index contributed by atoms with van der Waals surface area (Å²) < 4.78 is 0. The molecule has 0 bridgehead atoms. The Morgan fingerprint density at radius 2 is 1.96 bits per heavy atom. The van der Waals surface area contributed by atoms with Crippen LogP contribution in [0.5, 0.6) is 0 Å².